The van der Waals surface area contributed by atoms with E-state index in [-0.39, 0.29) is 39.5 Å². The van der Waals surface area contributed by atoms with E-state index in [2.05, 4.69) is 10.2 Å². The first-order chi connectivity index (χ1) is 12.6. The molecule has 10 heteroatoms. The first-order valence-corrected chi connectivity index (χ1v) is 7.61. The maximum absolute atomic E-state index is 14.3. The number of nitrogens with one attached hydrogen (secondary N) is 1. The van der Waals surface area contributed by atoms with Crippen molar-refractivity contribution >= 4 is 17.6 Å². The fourth-order valence-electron chi connectivity index (χ4n) is 2.52. The molecule has 0 fully saturated rings. The summed E-state index contributed by atoms with van der Waals surface area (Å²) in [4.78, 5) is 11.2. The van der Waals surface area contributed by atoms with Crippen LogP contribution in [0.5, 0.6) is 0 Å². The van der Waals surface area contributed by atoms with E-state index in [1.807, 2.05) is 0 Å². The Bertz CT molecular complexity index is 1020. The second kappa shape index (κ2) is 6.66. The molecule has 0 saturated carbocycles. The first-order valence-electron chi connectivity index (χ1n) is 7.23. The van der Waals surface area contributed by atoms with Crippen molar-refractivity contribution in [2.45, 2.75) is 6.18 Å². The van der Waals surface area contributed by atoms with Crippen molar-refractivity contribution in [3.63, 3.8) is 0 Å². The third-order valence-corrected chi connectivity index (χ3v) is 4.08. The quantitative estimate of drug-likeness (QED) is 0.577. The van der Waals surface area contributed by atoms with Gasteiger partial charge >= 0.3 is 12.1 Å². The average Bonchev–Trinajstić information content (AvgIpc) is 3.02. The van der Waals surface area contributed by atoms with Crippen molar-refractivity contribution in [1.82, 2.24) is 10.2 Å². The molecule has 4 nitrogen and oxygen atoms in total. The van der Waals surface area contributed by atoms with E-state index >= 15 is 0 Å². The molecule has 0 amide bonds. The molecule has 3 rings (SSSR count). The van der Waals surface area contributed by atoms with Gasteiger partial charge in [0, 0.05) is 11.8 Å². The van der Waals surface area contributed by atoms with Crippen LogP contribution in [-0.4, -0.2) is 21.3 Å². The van der Waals surface area contributed by atoms with E-state index in [4.69, 9.17) is 16.7 Å². The Morgan fingerprint density at radius 1 is 1.11 bits per heavy atom. The summed E-state index contributed by atoms with van der Waals surface area (Å²) in [6.07, 6.45) is -3.68. The molecule has 0 aliphatic carbocycles. The largest absolute Gasteiger partial charge is 0.478 e. The van der Waals surface area contributed by atoms with Gasteiger partial charge in [0.25, 0.3) is 0 Å². The maximum Gasteiger partial charge on any atom is 0.416 e. The van der Waals surface area contributed by atoms with Crippen LogP contribution in [0.4, 0.5) is 22.0 Å². The van der Waals surface area contributed by atoms with Gasteiger partial charge in [-0.2, -0.15) is 18.3 Å². The summed E-state index contributed by atoms with van der Waals surface area (Å²) in [5, 5.41) is 15.2. The predicted octanol–water partition coefficient (Wildman–Crippen LogP) is 5.39. The molecular weight excluding hydrogens is 395 g/mol. The second-order valence-corrected chi connectivity index (χ2v) is 5.87. The number of nitrogens with zero attached hydrogens (tertiary/aromatic N) is 1. The molecule has 27 heavy (non-hydrogen) atoms. The number of aromatic carboxylic acids is 1. The summed E-state index contributed by atoms with van der Waals surface area (Å²) in [7, 11) is 0. The predicted molar refractivity (Wildman–Crippen MR) is 86.3 cm³/mol. The Labute approximate surface area is 153 Å². The van der Waals surface area contributed by atoms with Gasteiger partial charge in [-0.1, -0.05) is 17.7 Å². The summed E-state index contributed by atoms with van der Waals surface area (Å²) in [6.45, 7) is 0. The fourth-order valence-corrected chi connectivity index (χ4v) is 2.72. The highest BCUT2D eigenvalue weighted by Gasteiger charge is 2.33. The minimum Gasteiger partial charge on any atom is -0.478 e. The van der Waals surface area contributed by atoms with Gasteiger partial charge in [-0.05, 0) is 29.8 Å². The Hall–Kier alpha value is -2.94. The van der Waals surface area contributed by atoms with Crippen molar-refractivity contribution in [2.75, 3.05) is 0 Å². The number of rotatable bonds is 3. The lowest BCUT2D eigenvalue weighted by molar-refractivity contribution is -0.138. The van der Waals surface area contributed by atoms with Crippen LogP contribution in [-0.2, 0) is 6.18 Å². The Morgan fingerprint density at radius 2 is 1.74 bits per heavy atom. The lowest BCUT2D eigenvalue weighted by Crippen LogP contribution is -2.07. The van der Waals surface area contributed by atoms with E-state index in [0.29, 0.717) is 0 Å². The third kappa shape index (κ3) is 3.50. The van der Waals surface area contributed by atoms with E-state index in [9.17, 15) is 26.7 Å². The number of aromatic nitrogens is 2. The van der Waals surface area contributed by atoms with E-state index in [0.717, 1.165) is 0 Å². The third-order valence-electron chi connectivity index (χ3n) is 3.75. The van der Waals surface area contributed by atoms with Gasteiger partial charge in [-0.25, -0.2) is 13.6 Å². The monoisotopic (exact) mass is 402 g/mol. The van der Waals surface area contributed by atoms with Crippen molar-refractivity contribution < 1.29 is 31.9 Å². The Kier molecular flexibility index (Phi) is 4.64. The van der Waals surface area contributed by atoms with Crippen LogP contribution < -0.4 is 0 Å². The van der Waals surface area contributed by atoms with Crippen LogP contribution >= 0.6 is 11.6 Å². The summed E-state index contributed by atoms with van der Waals surface area (Å²) in [6, 6.07) is 4.17. The van der Waals surface area contributed by atoms with Crippen molar-refractivity contribution in [1.29, 1.82) is 0 Å². The molecule has 0 bridgehead atoms. The Morgan fingerprint density at radius 3 is 2.30 bits per heavy atom. The summed E-state index contributed by atoms with van der Waals surface area (Å²) < 4.78 is 66.6. The van der Waals surface area contributed by atoms with Crippen LogP contribution in [0.2, 0.25) is 5.02 Å². The zero-order chi connectivity index (χ0) is 19.9. The molecule has 0 saturated heterocycles. The highest BCUT2D eigenvalue weighted by molar-refractivity contribution is 6.33. The highest BCUT2D eigenvalue weighted by atomic mass is 35.5. The standard InChI is InChI=1S/C17H8ClF5N2O2/c18-11-2-1-7(3-9(11)16(26)27)10-6-24-25-15(10)14-12(19)4-8(5-13(14)20)17(21,22)23/h1-6H,(H,24,25)(H,26,27). The van der Waals surface area contributed by atoms with Crippen LogP contribution in [0.1, 0.15) is 15.9 Å². The lowest BCUT2D eigenvalue weighted by atomic mass is 9.98. The molecule has 140 valence electrons. The maximum atomic E-state index is 14.3. The summed E-state index contributed by atoms with van der Waals surface area (Å²) >= 11 is 5.79. The van der Waals surface area contributed by atoms with Crippen LogP contribution in [0, 0.1) is 11.6 Å². The molecule has 1 aromatic heterocycles. The van der Waals surface area contributed by atoms with Crippen LogP contribution in [0.15, 0.2) is 36.5 Å². The van der Waals surface area contributed by atoms with Gasteiger partial charge in [0.05, 0.1) is 21.7 Å². The van der Waals surface area contributed by atoms with Crippen LogP contribution in [0.3, 0.4) is 0 Å². The van der Waals surface area contributed by atoms with Crippen molar-refractivity contribution in [2.24, 2.45) is 0 Å². The highest BCUT2D eigenvalue weighted by Crippen LogP contribution is 2.38. The van der Waals surface area contributed by atoms with E-state index in [1.165, 1.54) is 24.4 Å². The van der Waals surface area contributed by atoms with Gasteiger partial charge in [0.15, 0.2) is 0 Å². The zero-order valence-corrected chi connectivity index (χ0v) is 13.8. The summed E-state index contributed by atoms with van der Waals surface area (Å²) in [5.41, 5.74) is -2.51. The molecule has 2 aromatic carbocycles. The molecule has 0 unspecified atom stereocenters. The number of benzene rings is 2. The van der Waals surface area contributed by atoms with Gasteiger partial charge in [0.2, 0.25) is 0 Å². The minimum absolute atomic E-state index is 0.0526. The van der Waals surface area contributed by atoms with Gasteiger partial charge in [0.1, 0.15) is 17.3 Å². The molecule has 0 aliphatic rings. The normalized spacial score (nSPS) is 11.6. The first kappa shape index (κ1) is 18.8. The number of alkyl halides is 3. The number of hydrogen-bond donors (Lipinski definition) is 2. The molecular formula is C17H8ClF5N2O2. The van der Waals surface area contributed by atoms with Gasteiger partial charge in [-0.3, -0.25) is 5.10 Å². The zero-order valence-electron chi connectivity index (χ0n) is 13.0. The number of hydrogen-bond acceptors (Lipinski definition) is 2. The van der Waals surface area contributed by atoms with Crippen LogP contribution in [0.25, 0.3) is 22.4 Å². The topological polar surface area (TPSA) is 66.0 Å². The molecule has 0 atom stereocenters. The number of H-pyrrole nitrogens is 1. The van der Waals surface area contributed by atoms with Gasteiger partial charge in [-0.15, -0.1) is 0 Å². The van der Waals surface area contributed by atoms with Crippen molar-refractivity contribution in [3.8, 4) is 22.4 Å². The number of halogens is 6. The molecule has 3 aromatic rings. The number of carboxylic acid groups (broad SMARTS) is 1. The molecule has 0 spiro atoms. The molecule has 0 aliphatic heterocycles. The Balaban J connectivity index is 2.17. The smallest absolute Gasteiger partial charge is 0.416 e. The van der Waals surface area contributed by atoms with Crippen molar-refractivity contribution in [3.05, 3.63) is 64.3 Å². The lowest BCUT2D eigenvalue weighted by Gasteiger charge is -2.11. The second-order valence-electron chi connectivity index (χ2n) is 5.46. The van der Waals surface area contributed by atoms with E-state index < -0.39 is 34.9 Å². The summed E-state index contributed by atoms with van der Waals surface area (Å²) in [5.74, 6) is -4.23. The number of aromatic amines is 1. The fraction of sp³-hybridized carbons (Fsp3) is 0.0588. The average molecular weight is 403 g/mol. The number of carboxylic acids is 1. The molecule has 2 N–H and O–H groups in total. The van der Waals surface area contributed by atoms with E-state index in [1.54, 1.807) is 0 Å². The minimum atomic E-state index is -4.92. The molecule has 0 radical (unpaired) electrons. The molecule has 1 heterocycles. The number of carbonyl (C=O) groups is 1. The SMILES string of the molecule is O=C(O)c1cc(-c2c[nH]nc2-c2c(F)cc(C(F)(F)F)cc2F)ccc1Cl. The van der Waals surface area contributed by atoms with Gasteiger partial charge < -0.3 is 5.11 Å².